The van der Waals surface area contributed by atoms with Crippen molar-refractivity contribution in [3.63, 3.8) is 0 Å². The summed E-state index contributed by atoms with van der Waals surface area (Å²) in [5.41, 5.74) is -0.104. The molecule has 1 aromatic carbocycles. The quantitative estimate of drug-likeness (QED) is 0.844. The number of benzene rings is 1. The van der Waals surface area contributed by atoms with Gasteiger partial charge in [0.25, 0.3) is 5.91 Å². The zero-order chi connectivity index (χ0) is 15.2. The van der Waals surface area contributed by atoms with E-state index in [-0.39, 0.29) is 18.1 Å². The number of fused-ring (bicyclic) bond motifs is 1. The molecule has 0 spiro atoms. The van der Waals surface area contributed by atoms with Gasteiger partial charge in [0.2, 0.25) is 0 Å². The zero-order valence-electron chi connectivity index (χ0n) is 11.1. The first-order valence-electron chi connectivity index (χ1n) is 6.24. The minimum atomic E-state index is -0.940. The summed E-state index contributed by atoms with van der Waals surface area (Å²) in [6.45, 7) is 1.97. The molecule has 1 N–H and O–H groups in total. The molecule has 1 aromatic heterocycles. The van der Waals surface area contributed by atoms with Crippen molar-refractivity contribution in [2.75, 3.05) is 0 Å². The number of nitrogens with zero attached hydrogens (tertiary/aromatic N) is 2. The highest BCUT2D eigenvalue weighted by atomic mass is 79.9. The van der Waals surface area contributed by atoms with Crippen LogP contribution >= 0.6 is 15.9 Å². The van der Waals surface area contributed by atoms with Gasteiger partial charge in [0.05, 0.1) is 12.1 Å². The lowest BCUT2D eigenvalue weighted by Crippen LogP contribution is -2.52. The minimum Gasteiger partial charge on any atom is -0.339 e. The number of halogens is 2. The van der Waals surface area contributed by atoms with Gasteiger partial charge in [0, 0.05) is 10.0 Å². The van der Waals surface area contributed by atoms with Gasteiger partial charge < -0.3 is 5.32 Å². The lowest BCUT2D eigenvalue weighted by Gasteiger charge is -2.35. The second-order valence-electron chi connectivity index (χ2n) is 5.14. The molecule has 0 radical (unpaired) electrons. The first kappa shape index (κ1) is 13.9. The Balaban J connectivity index is 2.09. The van der Waals surface area contributed by atoms with Crippen LogP contribution in [0.2, 0.25) is 0 Å². The molecule has 21 heavy (non-hydrogen) atoms. The predicted molar refractivity (Wildman–Crippen MR) is 76.5 cm³/mol. The molecule has 1 aliphatic rings. The van der Waals surface area contributed by atoms with E-state index in [1.807, 2.05) is 0 Å². The van der Waals surface area contributed by atoms with Crippen molar-refractivity contribution in [3.05, 3.63) is 51.5 Å². The highest BCUT2D eigenvalue weighted by molar-refractivity contribution is 9.10. The SMILES string of the molecule is CC1(c2cc(Br)ccc2F)Cn2nc(C=O)cc2C(=O)N1. The summed E-state index contributed by atoms with van der Waals surface area (Å²) in [5, 5.41) is 6.84. The molecule has 1 unspecified atom stereocenters. The summed E-state index contributed by atoms with van der Waals surface area (Å²) in [6.07, 6.45) is 0.579. The largest absolute Gasteiger partial charge is 0.339 e. The van der Waals surface area contributed by atoms with Crippen molar-refractivity contribution in [1.29, 1.82) is 0 Å². The van der Waals surface area contributed by atoms with Crippen molar-refractivity contribution in [2.24, 2.45) is 0 Å². The number of nitrogens with one attached hydrogen (secondary N) is 1. The molecule has 0 fully saturated rings. The van der Waals surface area contributed by atoms with E-state index < -0.39 is 11.4 Å². The first-order valence-corrected chi connectivity index (χ1v) is 7.03. The Hall–Kier alpha value is -2.02. The molecular weight excluding hydrogens is 341 g/mol. The molecule has 1 aliphatic heterocycles. The maximum Gasteiger partial charge on any atom is 0.270 e. The number of aldehydes is 1. The van der Waals surface area contributed by atoms with Crippen molar-refractivity contribution in [1.82, 2.24) is 15.1 Å². The molecule has 0 aliphatic carbocycles. The highest BCUT2D eigenvalue weighted by Gasteiger charge is 2.38. The van der Waals surface area contributed by atoms with E-state index in [0.717, 1.165) is 0 Å². The summed E-state index contributed by atoms with van der Waals surface area (Å²) < 4.78 is 16.3. The Labute approximate surface area is 128 Å². The molecule has 1 atom stereocenters. The maximum atomic E-state index is 14.1. The highest BCUT2D eigenvalue weighted by Crippen LogP contribution is 2.31. The topological polar surface area (TPSA) is 64.0 Å². The van der Waals surface area contributed by atoms with Gasteiger partial charge in [-0.2, -0.15) is 5.10 Å². The van der Waals surface area contributed by atoms with Gasteiger partial charge in [0.15, 0.2) is 6.29 Å². The number of hydrogen-bond donors (Lipinski definition) is 1. The van der Waals surface area contributed by atoms with E-state index in [4.69, 9.17) is 0 Å². The number of aromatic nitrogens is 2. The number of rotatable bonds is 2. The summed E-state index contributed by atoms with van der Waals surface area (Å²) in [7, 11) is 0. The van der Waals surface area contributed by atoms with E-state index in [2.05, 4.69) is 26.3 Å². The van der Waals surface area contributed by atoms with Crippen LogP contribution in [0.1, 0.15) is 33.5 Å². The number of carbonyl (C=O) groups excluding carboxylic acids is 2. The zero-order valence-corrected chi connectivity index (χ0v) is 12.6. The molecule has 0 bridgehead atoms. The van der Waals surface area contributed by atoms with Gasteiger partial charge in [-0.15, -0.1) is 0 Å². The normalized spacial score (nSPS) is 20.8. The molecule has 3 rings (SSSR count). The molecule has 7 heteroatoms. The fourth-order valence-corrected chi connectivity index (χ4v) is 2.89. The van der Waals surface area contributed by atoms with Crippen molar-refractivity contribution in [3.8, 4) is 0 Å². The summed E-state index contributed by atoms with van der Waals surface area (Å²) in [6, 6.07) is 5.98. The van der Waals surface area contributed by atoms with Crippen LogP contribution in [0.15, 0.2) is 28.7 Å². The Bertz CT molecular complexity index is 759. The van der Waals surface area contributed by atoms with Gasteiger partial charge in [0.1, 0.15) is 17.2 Å². The Morgan fingerprint density at radius 1 is 1.48 bits per heavy atom. The third kappa shape index (κ3) is 2.27. The van der Waals surface area contributed by atoms with Crippen LogP contribution in [0.3, 0.4) is 0 Å². The second kappa shape index (κ2) is 4.77. The number of amides is 1. The Morgan fingerprint density at radius 3 is 2.95 bits per heavy atom. The minimum absolute atomic E-state index is 0.180. The van der Waals surface area contributed by atoms with E-state index in [0.29, 0.717) is 22.0 Å². The van der Waals surface area contributed by atoms with Crippen molar-refractivity contribution < 1.29 is 14.0 Å². The van der Waals surface area contributed by atoms with E-state index in [1.165, 1.54) is 16.8 Å². The lowest BCUT2D eigenvalue weighted by atomic mass is 9.89. The standard InChI is InChI=1S/C14H11BrFN3O2/c1-14(10-4-8(15)2-3-11(10)16)7-19-12(13(21)17-14)5-9(6-20)18-19/h2-6H,7H2,1H3,(H,17,21). The molecule has 0 saturated carbocycles. The summed E-state index contributed by atoms with van der Waals surface area (Å²) >= 11 is 3.30. The third-order valence-electron chi connectivity index (χ3n) is 3.53. The molecular formula is C14H11BrFN3O2. The summed E-state index contributed by atoms with van der Waals surface area (Å²) in [4.78, 5) is 23.0. The van der Waals surface area contributed by atoms with E-state index in [9.17, 15) is 14.0 Å². The van der Waals surface area contributed by atoms with Gasteiger partial charge >= 0.3 is 0 Å². The van der Waals surface area contributed by atoms with Crippen LogP contribution in [0.5, 0.6) is 0 Å². The Kier molecular flexibility index (Phi) is 3.16. The lowest BCUT2D eigenvalue weighted by molar-refractivity contribution is 0.0835. The van der Waals surface area contributed by atoms with E-state index >= 15 is 0 Å². The van der Waals surface area contributed by atoms with Crippen LogP contribution in [0, 0.1) is 5.82 Å². The molecule has 2 heterocycles. The van der Waals surface area contributed by atoms with Gasteiger partial charge in [-0.3, -0.25) is 14.3 Å². The van der Waals surface area contributed by atoms with Gasteiger partial charge in [-0.1, -0.05) is 15.9 Å². The molecule has 2 aromatic rings. The van der Waals surface area contributed by atoms with Crippen LogP contribution < -0.4 is 5.32 Å². The second-order valence-corrected chi connectivity index (χ2v) is 6.06. The van der Waals surface area contributed by atoms with E-state index in [1.54, 1.807) is 19.1 Å². The first-order chi connectivity index (χ1) is 9.93. The van der Waals surface area contributed by atoms with Crippen molar-refractivity contribution >= 4 is 28.1 Å². The average molecular weight is 352 g/mol. The number of carbonyl (C=O) groups is 2. The van der Waals surface area contributed by atoms with Crippen molar-refractivity contribution in [2.45, 2.75) is 19.0 Å². The molecule has 108 valence electrons. The fourth-order valence-electron chi connectivity index (χ4n) is 2.52. The van der Waals surface area contributed by atoms with Gasteiger partial charge in [-0.05, 0) is 31.2 Å². The van der Waals surface area contributed by atoms with Crippen LogP contribution in [0.4, 0.5) is 4.39 Å². The fraction of sp³-hybridized carbons (Fsp3) is 0.214. The van der Waals surface area contributed by atoms with Gasteiger partial charge in [-0.25, -0.2) is 4.39 Å². The molecule has 5 nitrogen and oxygen atoms in total. The van der Waals surface area contributed by atoms with Crippen LogP contribution in [-0.4, -0.2) is 22.0 Å². The summed E-state index contributed by atoms with van der Waals surface area (Å²) in [5.74, 6) is -0.795. The van der Waals surface area contributed by atoms with Crippen LogP contribution in [-0.2, 0) is 12.1 Å². The monoisotopic (exact) mass is 351 g/mol. The predicted octanol–water partition coefficient (Wildman–Crippen LogP) is 2.26. The molecule has 0 saturated heterocycles. The maximum absolute atomic E-state index is 14.1. The average Bonchev–Trinajstić information content (AvgIpc) is 2.84. The molecule has 1 amide bonds. The third-order valence-corrected chi connectivity index (χ3v) is 4.02. The Morgan fingerprint density at radius 2 is 2.24 bits per heavy atom. The smallest absolute Gasteiger partial charge is 0.270 e. The van der Waals surface area contributed by atoms with Crippen LogP contribution in [0.25, 0.3) is 0 Å². The number of hydrogen-bond acceptors (Lipinski definition) is 3.